The number of benzene rings is 12. The fourth-order valence-electron chi connectivity index (χ4n) is 13.5. The highest BCUT2D eigenvalue weighted by Crippen LogP contribution is 2.66. The molecule has 0 saturated heterocycles. The van der Waals surface area contributed by atoms with Crippen LogP contribution >= 0.6 is 0 Å². The van der Waals surface area contributed by atoms with Gasteiger partial charge in [0.15, 0.2) is 0 Å². The minimum absolute atomic E-state index is 0.615. The van der Waals surface area contributed by atoms with Crippen molar-refractivity contribution in [2.24, 2.45) is 0 Å². The second-order valence-electron chi connectivity index (χ2n) is 19.8. The Kier molecular flexibility index (Phi) is 9.43. The average molecular weight is 941 g/mol. The summed E-state index contributed by atoms with van der Waals surface area (Å²) in [6.07, 6.45) is 0. The summed E-state index contributed by atoms with van der Waals surface area (Å²) < 4.78 is 0. The fraction of sp³-hybridized carbons (Fsp3) is 0.0278. The first-order valence-electron chi connectivity index (χ1n) is 25.8. The van der Waals surface area contributed by atoms with Crippen molar-refractivity contribution >= 4 is 44.9 Å². The summed E-state index contributed by atoms with van der Waals surface area (Å²) in [7, 11) is 0. The summed E-state index contributed by atoms with van der Waals surface area (Å²) in [5.74, 6) is 0. The van der Waals surface area contributed by atoms with Crippen molar-refractivity contribution in [3.8, 4) is 33.4 Å². The minimum Gasteiger partial charge on any atom is -0.310 e. The smallest absolute Gasteiger partial charge is 0.0734 e. The molecule has 0 radical (unpaired) electrons. The molecule has 74 heavy (non-hydrogen) atoms. The molecule has 0 aliphatic heterocycles. The van der Waals surface area contributed by atoms with E-state index in [1.54, 1.807) is 0 Å². The molecule has 2 heteroatoms. The molecule has 2 nitrogen and oxygen atoms in total. The molecule has 15 rings (SSSR count). The molecule has 1 unspecified atom stereocenters. The maximum Gasteiger partial charge on any atom is 0.0734 e. The van der Waals surface area contributed by atoms with Gasteiger partial charge in [-0.25, -0.2) is 0 Å². The Morgan fingerprint density at radius 2 is 0.649 bits per heavy atom. The van der Waals surface area contributed by atoms with E-state index >= 15 is 0 Å². The molecule has 0 bridgehead atoms. The molecule has 0 amide bonds. The fourth-order valence-corrected chi connectivity index (χ4v) is 13.5. The molecule has 1 spiro atoms. The van der Waals surface area contributed by atoms with Gasteiger partial charge < -0.3 is 9.80 Å². The Morgan fingerprint density at radius 3 is 1.23 bits per heavy atom. The SMILES string of the molecule is c1ccc(N(c2ccc3c(c2)C2(c4ccccc4-3)c3ccccc3-c3c2cc(N(c2ccccc2)c2ccccc2)c2ccccc32)c2cccc3c2C(c2ccccc2)(c2ccccc2)c2ccccc2-3)cc1. The van der Waals surface area contributed by atoms with Crippen molar-refractivity contribution in [1.29, 1.82) is 0 Å². The zero-order chi connectivity index (χ0) is 48.8. The highest BCUT2D eigenvalue weighted by atomic mass is 15.2. The van der Waals surface area contributed by atoms with Gasteiger partial charge in [0.2, 0.25) is 0 Å². The number of para-hydroxylation sites is 3. The van der Waals surface area contributed by atoms with Crippen molar-refractivity contribution in [2.75, 3.05) is 9.80 Å². The summed E-state index contributed by atoms with van der Waals surface area (Å²) in [4.78, 5) is 5.00. The highest BCUT2D eigenvalue weighted by Gasteiger charge is 2.53. The molecule has 0 aromatic heterocycles. The molecule has 0 fully saturated rings. The van der Waals surface area contributed by atoms with Gasteiger partial charge in [-0.2, -0.15) is 0 Å². The minimum atomic E-state index is -0.652. The third-order valence-corrected chi connectivity index (χ3v) is 16.3. The van der Waals surface area contributed by atoms with E-state index in [1.807, 2.05) is 0 Å². The Labute approximate surface area is 432 Å². The van der Waals surface area contributed by atoms with Gasteiger partial charge in [0, 0.05) is 33.7 Å². The first-order chi connectivity index (χ1) is 36.8. The van der Waals surface area contributed by atoms with Crippen LogP contribution in [0.5, 0.6) is 0 Å². The summed E-state index contributed by atoms with van der Waals surface area (Å²) >= 11 is 0. The second kappa shape index (κ2) is 16.5. The van der Waals surface area contributed by atoms with Crippen LogP contribution < -0.4 is 9.80 Å². The zero-order valence-corrected chi connectivity index (χ0v) is 40.6. The standard InChI is InChI=1S/C72H48N2/c1-6-25-49(26-7-1)71(50-27-8-2-9-28-50)62-41-21-19-36-56(62)60-40-24-44-67(70(60)71)74(53-33-14-5-15-34-53)54-45-46-57-55-35-18-22-42-63(55)72(65(57)47-54)64-43-23-20-39-61(64)69-59-38-17-16-37-58(59)68(48-66(69)72)73(51-29-10-3-11-30-51)52-31-12-4-13-32-52/h1-48H. The predicted octanol–water partition coefficient (Wildman–Crippen LogP) is 18.5. The molecular formula is C72H48N2. The normalized spacial score (nSPS) is 14.9. The third kappa shape index (κ3) is 5.82. The van der Waals surface area contributed by atoms with E-state index in [2.05, 4.69) is 301 Å². The number of hydrogen-bond acceptors (Lipinski definition) is 2. The van der Waals surface area contributed by atoms with Gasteiger partial charge in [-0.3, -0.25) is 0 Å². The van der Waals surface area contributed by atoms with E-state index in [0.717, 1.165) is 34.1 Å². The van der Waals surface area contributed by atoms with Crippen LogP contribution in [-0.4, -0.2) is 0 Å². The maximum atomic E-state index is 2.55. The van der Waals surface area contributed by atoms with Gasteiger partial charge in [-0.05, 0) is 138 Å². The average Bonchev–Trinajstić information content (AvgIpc) is 4.17. The van der Waals surface area contributed by atoms with Gasteiger partial charge in [-0.1, -0.05) is 231 Å². The second-order valence-corrected chi connectivity index (χ2v) is 19.8. The number of anilines is 6. The molecule has 0 N–H and O–H groups in total. The number of hydrogen-bond donors (Lipinski definition) is 0. The number of nitrogens with zero attached hydrogens (tertiary/aromatic N) is 2. The van der Waals surface area contributed by atoms with E-state index in [0.29, 0.717) is 0 Å². The molecule has 0 heterocycles. The van der Waals surface area contributed by atoms with Crippen molar-refractivity contribution < 1.29 is 0 Å². The lowest BCUT2D eigenvalue weighted by molar-refractivity contribution is 0.767. The summed E-state index contributed by atoms with van der Waals surface area (Å²) in [6.45, 7) is 0. The van der Waals surface area contributed by atoms with E-state index < -0.39 is 10.8 Å². The third-order valence-electron chi connectivity index (χ3n) is 16.3. The van der Waals surface area contributed by atoms with E-state index in [9.17, 15) is 0 Å². The highest BCUT2D eigenvalue weighted by molar-refractivity contribution is 6.12. The predicted molar refractivity (Wildman–Crippen MR) is 307 cm³/mol. The quantitative estimate of drug-likeness (QED) is 0.150. The Bertz CT molecular complexity index is 4050. The molecule has 3 aliphatic carbocycles. The molecule has 1 atom stereocenters. The van der Waals surface area contributed by atoms with Crippen molar-refractivity contribution in [3.63, 3.8) is 0 Å². The molecule has 346 valence electrons. The molecule has 12 aromatic rings. The van der Waals surface area contributed by atoms with E-state index in [-0.39, 0.29) is 0 Å². The Hall–Kier alpha value is -9.50. The largest absolute Gasteiger partial charge is 0.310 e. The number of fused-ring (bicyclic) bond motifs is 15. The molecule has 0 saturated carbocycles. The topological polar surface area (TPSA) is 6.48 Å². The van der Waals surface area contributed by atoms with Gasteiger partial charge in [0.1, 0.15) is 0 Å². The van der Waals surface area contributed by atoms with Crippen LogP contribution in [0.2, 0.25) is 0 Å². The van der Waals surface area contributed by atoms with Gasteiger partial charge in [-0.15, -0.1) is 0 Å². The van der Waals surface area contributed by atoms with Crippen LogP contribution in [-0.2, 0) is 10.8 Å². The molecule has 12 aromatic carbocycles. The van der Waals surface area contributed by atoms with Crippen LogP contribution in [0.25, 0.3) is 44.2 Å². The van der Waals surface area contributed by atoms with Crippen LogP contribution in [0, 0.1) is 0 Å². The molecule has 3 aliphatic rings. The maximum absolute atomic E-state index is 2.55. The van der Waals surface area contributed by atoms with Gasteiger partial charge >= 0.3 is 0 Å². The van der Waals surface area contributed by atoms with Crippen molar-refractivity contribution in [2.45, 2.75) is 10.8 Å². The first kappa shape index (κ1) is 42.2. The summed E-state index contributed by atoms with van der Waals surface area (Å²) in [6, 6.07) is 108. The van der Waals surface area contributed by atoms with E-state index in [4.69, 9.17) is 0 Å². The summed E-state index contributed by atoms with van der Waals surface area (Å²) in [5.41, 5.74) is 23.3. The summed E-state index contributed by atoms with van der Waals surface area (Å²) in [5, 5.41) is 2.45. The lowest BCUT2D eigenvalue weighted by atomic mass is 9.67. The van der Waals surface area contributed by atoms with Crippen molar-refractivity contribution in [3.05, 3.63) is 336 Å². The van der Waals surface area contributed by atoms with Crippen molar-refractivity contribution in [1.82, 2.24) is 0 Å². The monoisotopic (exact) mass is 940 g/mol. The number of rotatable bonds is 8. The van der Waals surface area contributed by atoms with E-state index in [1.165, 1.54) is 88.7 Å². The van der Waals surface area contributed by atoms with Crippen LogP contribution in [0.4, 0.5) is 34.1 Å². The van der Waals surface area contributed by atoms with Gasteiger partial charge in [0.05, 0.1) is 22.2 Å². The Balaban J connectivity index is 1.04. The zero-order valence-electron chi connectivity index (χ0n) is 40.6. The van der Waals surface area contributed by atoms with Crippen LogP contribution in [0.1, 0.15) is 44.5 Å². The Morgan fingerprint density at radius 1 is 0.230 bits per heavy atom. The molecular weight excluding hydrogens is 893 g/mol. The first-order valence-corrected chi connectivity index (χ1v) is 25.8. The van der Waals surface area contributed by atoms with Crippen LogP contribution in [0.15, 0.2) is 291 Å². The lowest BCUT2D eigenvalue weighted by Gasteiger charge is -2.38. The van der Waals surface area contributed by atoms with Crippen LogP contribution in [0.3, 0.4) is 0 Å². The van der Waals surface area contributed by atoms with Gasteiger partial charge in [0.25, 0.3) is 0 Å². The lowest BCUT2D eigenvalue weighted by Crippen LogP contribution is -2.30.